The molecule has 0 radical (unpaired) electrons. The fourth-order valence-corrected chi connectivity index (χ4v) is 10.7. The van der Waals surface area contributed by atoms with Gasteiger partial charge in [-0.3, -0.25) is 0 Å². The number of hydrogen-bond acceptors (Lipinski definition) is 5. The SMILES string of the molecule is c1ccc(-n2c3ccccc3c3cc(-c4ccc5oc6c(-c7ccc(-c8cccc9c8oc8ccccc89)cc7)nc(-c7ccc(-c8cccc9c8oc8ccccc89)cc7)nc6c5c4)ccc32)cc1. The van der Waals surface area contributed by atoms with E-state index in [1.807, 2.05) is 24.3 Å². The molecule has 0 spiro atoms. The number of aromatic nitrogens is 3. The van der Waals surface area contributed by atoms with Crippen LogP contribution in [0.15, 0.2) is 238 Å². The van der Waals surface area contributed by atoms with Gasteiger partial charge < -0.3 is 17.8 Å². The lowest BCUT2D eigenvalue weighted by atomic mass is 9.99. The van der Waals surface area contributed by atoms with E-state index in [0.29, 0.717) is 11.4 Å². The highest BCUT2D eigenvalue weighted by Crippen LogP contribution is 2.42. The molecule has 0 bridgehead atoms. The number of hydrogen-bond donors (Lipinski definition) is 0. The molecule has 0 N–H and O–H groups in total. The van der Waals surface area contributed by atoms with E-state index in [2.05, 4.69) is 205 Å². The Bertz CT molecular complexity index is 4570. The van der Waals surface area contributed by atoms with Crippen LogP contribution < -0.4 is 0 Å². The maximum atomic E-state index is 6.80. The second-order valence-corrected chi connectivity index (χ2v) is 18.0. The molecule has 0 amide bonds. The summed E-state index contributed by atoms with van der Waals surface area (Å²) in [5.74, 6) is 0.607. The summed E-state index contributed by atoms with van der Waals surface area (Å²) in [7, 11) is 0. The summed E-state index contributed by atoms with van der Waals surface area (Å²) in [5.41, 5.74) is 18.0. The van der Waals surface area contributed by atoms with Crippen LogP contribution >= 0.6 is 0 Å². The van der Waals surface area contributed by atoms with Crippen molar-refractivity contribution in [2.45, 2.75) is 0 Å². The van der Waals surface area contributed by atoms with Gasteiger partial charge in [-0.05, 0) is 76.9 Å². The van der Waals surface area contributed by atoms with Crippen LogP contribution in [-0.4, -0.2) is 14.5 Å². The van der Waals surface area contributed by atoms with Gasteiger partial charge in [-0.15, -0.1) is 0 Å². The molecule has 326 valence electrons. The summed E-state index contributed by atoms with van der Waals surface area (Å²) in [5, 5.41) is 7.74. The van der Waals surface area contributed by atoms with Crippen molar-refractivity contribution in [1.29, 1.82) is 0 Å². The zero-order chi connectivity index (χ0) is 45.9. The fraction of sp³-hybridized carbons (Fsp3) is 0. The Kier molecular flexibility index (Phi) is 8.26. The molecule has 0 atom stereocenters. The van der Waals surface area contributed by atoms with Gasteiger partial charge >= 0.3 is 0 Å². The molecule has 5 heterocycles. The van der Waals surface area contributed by atoms with Crippen molar-refractivity contribution in [2.24, 2.45) is 0 Å². The monoisotopic (exact) mass is 895 g/mol. The van der Waals surface area contributed by atoms with Gasteiger partial charge in [-0.2, -0.15) is 0 Å². The van der Waals surface area contributed by atoms with Gasteiger partial charge in [0.2, 0.25) is 0 Å². The third kappa shape index (κ3) is 5.87. The molecule has 0 aliphatic rings. The normalized spacial score (nSPS) is 12.0. The first-order valence-electron chi connectivity index (χ1n) is 23.5. The van der Waals surface area contributed by atoms with Crippen LogP contribution in [0.4, 0.5) is 0 Å². The number of rotatable bonds is 6. The molecule has 0 fully saturated rings. The Morgan fingerprint density at radius 2 is 0.786 bits per heavy atom. The Hall–Kier alpha value is -9.52. The number of furan rings is 3. The average molecular weight is 896 g/mol. The minimum atomic E-state index is 0.607. The maximum absolute atomic E-state index is 6.80. The van der Waals surface area contributed by atoms with Crippen LogP contribution in [0.3, 0.4) is 0 Å². The molecule has 0 saturated heterocycles. The van der Waals surface area contributed by atoms with Crippen LogP contribution in [-0.2, 0) is 0 Å². The molecule has 0 unspecified atom stereocenters. The van der Waals surface area contributed by atoms with E-state index in [0.717, 1.165) is 122 Å². The zero-order valence-electron chi connectivity index (χ0n) is 37.4. The molecule has 0 aliphatic carbocycles. The third-order valence-electron chi connectivity index (χ3n) is 14.1. The van der Waals surface area contributed by atoms with Crippen molar-refractivity contribution in [3.63, 3.8) is 0 Å². The van der Waals surface area contributed by atoms with Crippen LogP contribution in [0, 0.1) is 0 Å². The Morgan fingerprint density at radius 1 is 0.300 bits per heavy atom. The summed E-state index contributed by atoms with van der Waals surface area (Å²) in [4.78, 5) is 10.7. The van der Waals surface area contributed by atoms with Crippen LogP contribution in [0.5, 0.6) is 0 Å². The summed E-state index contributed by atoms with van der Waals surface area (Å²) in [6.45, 7) is 0. The Morgan fingerprint density at radius 3 is 1.46 bits per heavy atom. The Labute approximate surface area is 399 Å². The lowest BCUT2D eigenvalue weighted by Gasteiger charge is -2.09. The minimum Gasteiger partial charge on any atom is -0.455 e. The molecule has 10 aromatic carbocycles. The molecular formula is C64H37N3O3. The average Bonchev–Trinajstić information content (AvgIpc) is 4.20. The summed E-state index contributed by atoms with van der Waals surface area (Å²) < 4.78 is 22.0. The van der Waals surface area contributed by atoms with Gasteiger partial charge in [0.1, 0.15) is 39.1 Å². The van der Waals surface area contributed by atoms with E-state index in [9.17, 15) is 0 Å². The van der Waals surface area contributed by atoms with Gasteiger partial charge in [0.15, 0.2) is 11.4 Å². The highest BCUT2D eigenvalue weighted by atomic mass is 16.3. The molecule has 5 aromatic heterocycles. The van der Waals surface area contributed by atoms with Crippen molar-refractivity contribution < 1.29 is 13.3 Å². The predicted molar refractivity (Wildman–Crippen MR) is 285 cm³/mol. The van der Waals surface area contributed by atoms with Crippen molar-refractivity contribution in [2.75, 3.05) is 0 Å². The number of benzene rings is 10. The second kappa shape index (κ2) is 15.0. The maximum Gasteiger partial charge on any atom is 0.180 e. The minimum absolute atomic E-state index is 0.607. The first-order chi connectivity index (χ1) is 34.7. The van der Waals surface area contributed by atoms with E-state index >= 15 is 0 Å². The lowest BCUT2D eigenvalue weighted by Crippen LogP contribution is -1.94. The summed E-state index contributed by atoms with van der Waals surface area (Å²) >= 11 is 0. The highest BCUT2D eigenvalue weighted by Gasteiger charge is 2.21. The standard InChI is InChI=1S/C64H37N3O3/c1-2-12-44(13-3-1)67-54-21-7-4-14-47(54)52-36-42(32-34-55(52)67)43-33-35-58-53(37-43)60-63(70-58)59(40-28-24-38(25-29-40)45-17-10-19-50-48-15-5-8-22-56(48)68-61(45)50)65-64(66-60)41-30-26-39(27-31-41)46-18-11-20-51-49-16-6-9-23-57(49)69-62(46)51/h1-37H. The van der Waals surface area contributed by atoms with Crippen molar-refractivity contribution in [3.8, 4) is 61.7 Å². The predicted octanol–water partition coefficient (Wildman–Crippen LogP) is 17.6. The molecule has 6 heteroatoms. The second-order valence-electron chi connectivity index (χ2n) is 18.0. The third-order valence-corrected chi connectivity index (χ3v) is 14.1. The highest BCUT2D eigenvalue weighted by molar-refractivity contribution is 6.13. The first-order valence-corrected chi connectivity index (χ1v) is 23.5. The van der Waals surface area contributed by atoms with Gasteiger partial charge in [-0.25, -0.2) is 9.97 Å². The van der Waals surface area contributed by atoms with Gasteiger partial charge in [0, 0.05) is 65.6 Å². The van der Waals surface area contributed by atoms with Gasteiger partial charge in [0.05, 0.1) is 11.0 Å². The largest absolute Gasteiger partial charge is 0.455 e. The molecule has 15 rings (SSSR count). The summed E-state index contributed by atoms with van der Waals surface area (Å²) in [6, 6.07) is 78.5. The Balaban J connectivity index is 0.882. The molecule has 15 aromatic rings. The van der Waals surface area contributed by atoms with E-state index in [1.54, 1.807) is 0 Å². The molecule has 0 aliphatic heterocycles. The van der Waals surface area contributed by atoms with Crippen molar-refractivity contribution in [3.05, 3.63) is 224 Å². The van der Waals surface area contributed by atoms with E-state index < -0.39 is 0 Å². The quantitative estimate of drug-likeness (QED) is 0.166. The van der Waals surface area contributed by atoms with Gasteiger partial charge in [-0.1, -0.05) is 170 Å². The van der Waals surface area contributed by atoms with E-state index in [1.165, 1.54) is 16.3 Å². The number of nitrogens with zero attached hydrogens (tertiary/aromatic N) is 3. The topological polar surface area (TPSA) is 70.1 Å². The van der Waals surface area contributed by atoms with E-state index in [4.69, 9.17) is 23.2 Å². The summed E-state index contributed by atoms with van der Waals surface area (Å²) in [6.07, 6.45) is 0. The van der Waals surface area contributed by atoms with Crippen molar-refractivity contribution in [1.82, 2.24) is 14.5 Å². The van der Waals surface area contributed by atoms with E-state index in [-0.39, 0.29) is 0 Å². The zero-order valence-corrected chi connectivity index (χ0v) is 37.4. The first kappa shape index (κ1) is 38.6. The molecule has 70 heavy (non-hydrogen) atoms. The fourth-order valence-electron chi connectivity index (χ4n) is 10.7. The smallest absolute Gasteiger partial charge is 0.180 e. The molecule has 0 saturated carbocycles. The van der Waals surface area contributed by atoms with Crippen LogP contribution in [0.2, 0.25) is 0 Å². The molecular weight excluding hydrogens is 859 g/mol. The van der Waals surface area contributed by atoms with Gasteiger partial charge in [0.25, 0.3) is 0 Å². The number of para-hydroxylation sites is 6. The molecule has 6 nitrogen and oxygen atoms in total. The van der Waals surface area contributed by atoms with Crippen LogP contribution in [0.25, 0.3) is 149 Å². The van der Waals surface area contributed by atoms with Crippen molar-refractivity contribution >= 4 is 87.8 Å². The number of fused-ring (bicyclic) bond motifs is 12. The van der Waals surface area contributed by atoms with Crippen LogP contribution in [0.1, 0.15) is 0 Å². The lowest BCUT2D eigenvalue weighted by molar-refractivity contribution is 0.667.